The van der Waals surface area contributed by atoms with Crippen molar-refractivity contribution >= 4 is 0 Å². The predicted octanol–water partition coefficient (Wildman–Crippen LogP) is 7.80. The van der Waals surface area contributed by atoms with Crippen molar-refractivity contribution in [3.63, 3.8) is 0 Å². The first-order valence-corrected chi connectivity index (χ1v) is 13.9. The van der Waals surface area contributed by atoms with Crippen molar-refractivity contribution in [2.24, 2.45) is 10.8 Å². The average Bonchev–Trinajstić information content (AvgIpc) is 3.14. The Hall–Kier alpha value is -2.04. The van der Waals surface area contributed by atoms with E-state index in [2.05, 4.69) is 103 Å². The summed E-state index contributed by atoms with van der Waals surface area (Å²) in [5.74, 6) is 0.750. The first kappa shape index (κ1) is 29.5. The Morgan fingerprint density at radius 3 is 1.27 bits per heavy atom. The number of benzene rings is 2. The van der Waals surface area contributed by atoms with Crippen LogP contribution in [0.5, 0.6) is 11.5 Å². The molecule has 0 aliphatic carbocycles. The monoisotopic (exact) mass is 508 g/mol. The van der Waals surface area contributed by atoms with Gasteiger partial charge in [0.25, 0.3) is 0 Å². The van der Waals surface area contributed by atoms with Crippen LogP contribution in [-0.2, 0) is 23.9 Å². The van der Waals surface area contributed by atoms with Crippen molar-refractivity contribution in [3.8, 4) is 11.5 Å². The summed E-state index contributed by atoms with van der Waals surface area (Å²) in [5.41, 5.74) is 5.12. The molecule has 1 fully saturated rings. The van der Waals surface area contributed by atoms with E-state index in [1.54, 1.807) is 0 Å². The van der Waals surface area contributed by atoms with Crippen LogP contribution in [0.15, 0.2) is 36.4 Å². The van der Waals surface area contributed by atoms with Crippen LogP contribution in [0.2, 0.25) is 0 Å². The molecule has 1 aliphatic heterocycles. The molecule has 0 radical (unpaired) electrons. The number of nitrogens with zero attached hydrogens (tertiary/aromatic N) is 2. The van der Waals surface area contributed by atoms with Crippen molar-refractivity contribution in [2.75, 3.05) is 19.8 Å². The van der Waals surface area contributed by atoms with Gasteiger partial charge in [-0.15, -0.1) is 0 Å². The summed E-state index contributed by atoms with van der Waals surface area (Å²) in [6.45, 7) is 27.1. The van der Waals surface area contributed by atoms with Gasteiger partial charge in [-0.25, -0.2) is 0 Å². The molecule has 4 nitrogen and oxygen atoms in total. The molecular weight excluding hydrogens is 456 g/mol. The van der Waals surface area contributed by atoms with Crippen LogP contribution < -0.4 is 0 Å². The van der Waals surface area contributed by atoms with Gasteiger partial charge in [0.1, 0.15) is 11.5 Å². The second-order valence-corrected chi connectivity index (χ2v) is 15.2. The van der Waals surface area contributed by atoms with Crippen LogP contribution in [0.1, 0.15) is 104 Å². The summed E-state index contributed by atoms with van der Waals surface area (Å²) < 4.78 is 0. The Bertz CT molecular complexity index is 987. The van der Waals surface area contributed by atoms with Gasteiger partial charge in [0.2, 0.25) is 0 Å². The Kier molecular flexibility index (Phi) is 8.47. The molecular formula is C33H52N2O2. The molecule has 206 valence electrons. The van der Waals surface area contributed by atoms with E-state index in [0.717, 1.165) is 56.8 Å². The zero-order valence-electron chi connectivity index (χ0n) is 25.2. The number of hydrogen-bond donors (Lipinski definition) is 2. The van der Waals surface area contributed by atoms with Crippen LogP contribution in [0.25, 0.3) is 0 Å². The predicted molar refractivity (Wildman–Crippen MR) is 156 cm³/mol. The third kappa shape index (κ3) is 8.22. The van der Waals surface area contributed by atoms with Crippen LogP contribution in [0.4, 0.5) is 0 Å². The fraction of sp³-hybridized carbons (Fsp3) is 0.636. The van der Waals surface area contributed by atoms with E-state index in [0.29, 0.717) is 11.5 Å². The summed E-state index contributed by atoms with van der Waals surface area (Å²) in [4.78, 5) is 4.78. The van der Waals surface area contributed by atoms with E-state index in [4.69, 9.17) is 0 Å². The van der Waals surface area contributed by atoms with Gasteiger partial charge in [0.15, 0.2) is 0 Å². The number of rotatable bonds is 8. The van der Waals surface area contributed by atoms with Gasteiger partial charge in [0.05, 0.1) is 6.67 Å². The van der Waals surface area contributed by atoms with Crippen LogP contribution >= 0.6 is 0 Å². The zero-order chi connectivity index (χ0) is 27.8. The summed E-state index contributed by atoms with van der Waals surface area (Å²) in [6.07, 6.45) is 2.16. The van der Waals surface area contributed by atoms with E-state index in [1.165, 1.54) is 11.1 Å². The quantitative estimate of drug-likeness (QED) is 0.382. The summed E-state index contributed by atoms with van der Waals surface area (Å²) in [6, 6.07) is 12.3. The van der Waals surface area contributed by atoms with Gasteiger partial charge in [-0.1, -0.05) is 93.5 Å². The molecule has 0 bridgehead atoms. The average molecular weight is 509 g/mol. The van der Waals surface area contributed by atoms with Crippen LogP contribution in [0, 0.1) is 10.8 Å². The lowest BCUT2D eigenvalue weighted by Gasteiger charge is -2.33. The first-order chi connectivity index (χ1) is 16.8. The van der Waals surface area contributed by atoms with Crippen LogP contribution in [0.3, 0.4) is 0 Å². The highest BCUT2D eigenvalue weighted by atomic mass is 16.3. The minimum absolute atomic E-state index is 0.0427. The lowest BCUT2D eigenvalue weighted by Crippen LogP contribution is -2.27. The van der Waals surface area contributed by atoms with Gasteiger partial charge in [-0.2, -0.15) is 0 Å². The molecule has 0 aromatic heterocycles. The highest BCUT2D eigenvalue weighted by Crippen LogP contribution is 2.39. The minimum Gasteiger partial charge on any atom is -0.508 e. The number of phenols is 2. The fourth-order valence-corrected chi connectivity index (χ4v) is 6.57. The maximum Gasteiger partial charge on any atom is 0.120 e. The second-order valence-electron chi connectivity index (χ2n) is 15.2. The standard InChI is InChI=1S/C33H52N2O2/c1-30(2,3)21-32(7,8)26-11-13-28(36)24(17-26)19-34-15-16-35(23-34)20-25-18-27(12-14-29(25)37)33(9,10)22-31(4,5)6/h11-14,17-18,36-37H,15-16,19-23H2,1-10H3. The Labute approximate surface area is 226 Å². The molecule has 2 aromatic carbocycles. The largest absolute Gasteiger partial charge is 0.508 e. The minimum atomic E-state index is 0.0427. The molecule has 1 heterocycles. The fourth-order valence-electron chi connectivity index (χ4n) is 6.57. The van der Waals surface area contributed by atoms with Gasteiger partial charge < -0.3 is 10.2 Å². The van der Waals surface area contributed by atoms with Gasteiger partial charge in [-0.05, 0) is 57.8 Å². The molecule has 4 heteroatoms. The van der Waals surface area contributed by atoms with Crippen molar-refractivity contribution in [1.82, 2.24) is 9.80 Å². The summed E-state index contributed by atoms with van der Waals surface area (Å²) >= 11 is 0. The molecule has 0 unspecified atom stereocenters. The third-order valence-corrected chi connectivity index (χ3v) is 7.59. The van der Waals surface area contributed by atoms with Crippen molar-refractivity contribution < 1.29 is 10.2 Å². The molecule has 0 spiro atoms. The molecule has 1 saturated heterocycles. The molecule has 0 atom stereocenters. The van der Waals surface area contributed by atoms with Gasteiger partial charge >= 0.3 is 0 Å². The highest BCUT2D eigenvalue weighted by Gasteiger charge is 2.30. The smallest absolute Gasteiger partial charge is 0.120 e. The van der Waals surface area contributed by atoms with E-state index in [1.807, 2.05) is 12.1 Å². The molecule has 3 rings (SSSR count). The SMILES string of the molecule is CC(C)(C)CC(C)(C)c1ccc(O)c(CN2CCN(Cc3cc(C(C)(C)CC(C)(C)C)ccc3O)C2)c1. The van der Waals surface area contributed by atoms with E-state index >= 15 is 0 Å². The number of phenolic OH excluding ortho intramolecular Hbond substituents is 2. The Morgan fingerprint density at radius 1 is 0.595 bits per heavy atom. The Morgan fingerprint density at radius 2 is 0.946 bits per heavy atom. The third-order valence-electron chi connectivity index (χ3n) is 7.59. The van der Waals surface area contributed by atoms with E-state index < -0.39 is 0 Å². The molecule has 0 amide bonds. The lowest BCUT2D eigenvalue weighted by atomic mass is 9.72. The van der Waals surface area contributed by atoms with Crippen molar-refractivity contribution in [3.05, 3.63) is 58.7 Å². The van der Waals surface area contributed by atoms with E-state index in [-0.39, 0.29) is 21.7 Å². The van der Waals surface area contributed by atoms with Gasteiger partial charge in [-0.3, -0.25) is 9.80 Å². The lowest BCUT2D eigenvalue weighted by molar-refractivity contribution is 0.231. The maximum absolute atomic E-state index is 10.6. The second kappa shape index (κ2) is 10.6. The highest BCUT2D eigenvalue weighted by molar-refractivity contribution is 5.40. The number of aromatic hydroxyl groups is 2. The molecule has 2 N–H and O–H groups in total. The molecule has 37 heavy (non-hydrogen) atoms. The van der Waals surface area contributed by atoms with Crippen molar-refractivity contribution in [2.45, 2.75) is 106 Å². The zero-order valence-corrected chi connectivity index (χ0v) is 25.2. The van der Waals surface area contributed by atoms with Crippen LogP contribution in [-0.4, -0.2) is 39.8 Å². The first-order valence-electron chi connectivity index (χ1n) is 13.9. The molecule has 1 aliphatic rings. The van der Waals surface area contributed by atoms with Crippen molar-refractivity contribution in [1.29, 1.82) is 0 Å². The molecule has 0 saturated carbocycles. The summed E-state index contributed by atoms with van der Waals surface area (Å²) in [7, 11) is 0. The van der Waals surface area contributed by atoms with Gasteiger partial charge in [0, 0.05) is 37.3 Å². The molecule has 2 aromatic rings. The Balaban J connectivity index is 1.69. The number of hydrogen-bond acceptors (Lipinski definition) is 4. The van der Waals surface area contributed by atoms with E-state index in [9.17, 15) is 10.2 Å². The normalized spacial score (nSPS) is 16.5. The topological polar surface area (TPSA) is 46.9 Å². The summed E-state index contributed by atoms with van der Waals surface area (Å²) in [5, 5.41) is 21.3. The maximum atomic E-state index is 10.6.